The number of nitrogens with one attached hydrogen (secondary N) is 1. The highest BCUT2D eigenvalue weighted by Gasteiger charge is 2.34. The molecule has 0 saturated heterocycles. The van der Waals surface area contributed by atoms with Gasteiger partial charge in [0.05, 0.1) is 11.1 Å². The second-order valence-electron chi connectivity index (χ2n) is 2.96. The third-order valence-electron chi connectivity index (χ3n) is 1.90. The van der Waals surface area contributed by atoms with Gasteiger partial charge >= 0.3 is 11.9 Å². The van der Waals surface area contributed by atoms with Crippen LogP contribution in [-0.2, 0) is 6.18 Å². The zero-order valence-corrected chi connectivity index (χ0v) is 7.71. The lowest BCUT2D eigenvalue weighted by Gasteiger charge is -2.09. The van der Waals surface area contributed by atoms with Crippen molar-refractivity contribution in [2.24, 2.45) is 0 Å². The van der Waals surface area contributed by atoms with Crippen molar-refractivity contribution in [2.75, 3.05) is 0 Å². The van der Waals surface area contributed by atoms with Gasteiger partial charge in [0.25, 0.3) is 0 Å². The van der Waals surface area contributed by atoms with E-state index in [0.717, 1.165) is 6.07 Å². The molecule has 1 aromatic carbocycles. The molecule has 0 aliphatic carbocycles. The molecule has 0 spiro atoms. The van der Waals surface area contributed by atoms with Crippen molar-refractivity contribution >= 4 is 0 Å². The van der Waals surface area contributed by atoms with Gasteiger partial charge in [0, 0.05) is 0 Å². The van der Waals surface area contributed by atoms with Crippen molar-refractivity contribution in [3.05, 3.63) is 40.4 Å². The molecule has 16 heavy (non-hydrogen) atoms. The van der Waals surface area contributed by atoms with Crippen molar-refractivity contribution in [3.63, 3.8) is 0 Å². The Morgan fingerprint density at radius 1 is 1.25 bits per heavy atom. The van der Waals surface area contributed by atoms with Gasteiger partial charge in [-0.05, 0) is 12.1 Å². The molecule has 0 atom stereocenters. The molecule has 0 bridgehead atoms. The van der Waals surface area contributed by atoms with Gasteiger partial charge in [0.2, 0.25) is 5.89 Å². The molecule has 0 aliphatic rings. The molecule has 84 valence electrons. The quantitative estimate of drug-likeness (QED) is 0.815. The molecule has 0 radical (unpaired) electrons. The first kappa shape index (κ1) is 10.5. The maximum absolute atomic E-state index is 12.6. The first-order chi connectivity index (χ1) is 7.48. The summed E-state index contributed by atoms with van der Waals surface area (Å²) in [5.74, 6) is -1.27. The number of halogens is 3. The van der Waals surface area contributed by atoms with Crippen LogP contribution in [0, 0.1) is 0 Å². The number of H-pyrrole nitrogens is 1. The fraction of sp³-hybridized carbons (Fsp3) is 0.111. The monoisotopic (exact) mass is 230 g/mol. The van der Waals surface area contributed by atoms with E-state index in [1.54, 1.807) is 0 Å². The summed E-state index contributed by atoms with van der Waals surface area (Å²) in [6, 6.07) is 4.72. The highest BCUT2D eigenvalue weighted by atomic mass is 19.4. The number of hydrogen-bond acceptors (Lipinski definition) is 3. The predicted molar refractivity (Wildman–Crippen MR) is 47.6 cm³/mol. The normalized spacial score (nSPS) is 11.7. The number of benzene rings is 1. The van der Waals surface area contributed by atoms with E-state index in [9.17, 15) is 18.0 Å². The maximum Gasteiger partial charge on any atom is 0.434 e. The minimum Gasteiger partial charge on any atom is -0.388 e. The molecule has 0 aliphatic heterocycles. The highest BCUT2D eigenvalue weighted by molar-refractivity contribution is 5.58. The van der Waals surface area contributed by atoms with Gasteiger partial charge < -0.3 is 4.42 Å². The third-order valence-corrected chi connectivity index (χ3v) is 1.90. The van der Waals surface area contributed by atoms with Crippen LogP contribution in [0.25, 0.3) is 11.5 Å². The van der Waals surface area contributed by atoms with E-state index >= 15 is 0 Å². The minimum absolute atomic E-state index is 0.270. The summed E-state index contributed by atoms with van der Waals surface area (Å²) in [6.07, 6.45) is -4.52. The molecular formula is C9H5F3N2O2. The molecule has 7 heteroatoms. The summed E-state index contributed by atoms with van der Waals surface area (Å²) in [5, 5.41) is 5.26. The fourth-order valence-corrected chi connectivity index (χ4v) is 1.26. The number of nitrogens with zero attached hydrogens (tertiary/aromatic N) is 1. The SMILES string of the molecule is O=c1[nH]nc(-c2ccccc2C(F)(F)F)o1. The Kier molecular flexibility index (Phi) is 2.30. The van der Waals surface area contributed by atoms with E-state index < -0.39 is 17.5 Å². The van der Waals surface area contributed by atoms with Crippen LogP contribution in [-0.4, -0.2) is 10.2 Å². The second-order valence-corrected chi connectivity index (χ2v) is 2.96. The Morgan fingerprint density at radius 2 is 1.94 bits per heavy atom. The van der Waals surface area contributed by atoms with Crippen LogP contribution in [0.2, 0.25) is 0 Å². The number of aromatic amines is 1. The maximum atomic E-state index is 12.6. The summed E-state index contributed by atoms with van der Waals surface area (Å²) in [6.45, 7) is 0. The zero-order chi connectivity index (χ0) is 11.8. The van der Waals surface area contributed by atoms with E-state index in [1.807, 2.05) is 5.10 Å². The molecule has 2 aromatic rings. The van der Waals surface area contributed by atoms with Crippen molar-refractivity contribution in [3.8, 4) is 11.5 Å². The van der Waals surface area contributed by atoms with Gasteiger partial charge in [-0.3, -0.25) is 0 Å². The minimum atomic E-state index is -4.52. The van der Waals surface area contributed by atoms with E-state index in [0.29, 0.717) is 0 Å². The van der Waals surface area contributed by atoms with Gasteiger partial charge in [-0.25, -0.2) is 9.89 Å². The van der Waals surface area contributed by atoms with Crippen LogP contribution >= 0.6 is 0 Å². The highest BCUT2D eigenvalue weighted by Crippen LogP contribution is 2.35. The van der Waals surface area contributed by atoms with Crippen molar-refractivity contribution in [2.45, 2.75) is 6.18 Å². The Bertz CT molecular complexity index is 556. The zero-order valence-electron chi connectivity index (χ0n) is 7.71. The Hall–Kier alpha value is -2.05. The smallest absolute Gasteiger partial charge is 0.388 e. The Balaban J connectivity index is 2.61. The first-order valence-corrected chi connectivity index (χ1v) is 4.20. The van der Waals surface area contributed by atoms with Crippen LogP contribution < -0.4 is 5.76 Å². The van der Waals surface area contributed by atoms with Gasteiger partial charge in [0.15, 0.2) is 0 Å². The molecule has 0 fully saturated rings. The standard InChI is InChI=1S/C9H5F3N2O2/c10-9(11,12)6-4-2-1-3-5(6)7-13-14-8(15)16-7/h1-4H,(H,14,15). The van der Waals surface area contributed by atoms with Crippen LogP contribution in [0.15, 0.2) is 33.5 Å². The Labute approximate surface area is 86.7 Å². The van der Waals surface area contributed by atoms with Crippen LogP contribution in [0.5, 0.6) is 0 Å². The average molecular weight is 230 g/mol. The predicted octanol–water partition coefficient (Wildman–Crippen LogP) is 2.05. The summed E-state index contributed by atoms with van der Waals surface area (Å²) >= 11 is 0. The molecular weight excluding hydrogens is 225 g/mol. The first-order valence-electron chi connectivity index (χ1n) is 4.20. The molecule has 1 N–H and O–H groups in total. The van der Waals surface area contributed by atoms with Gasteiger partial charge in [0.1, 0.15) is 0 Å². The average Bonchev–Trinajstić information content (AvgIpc) is 2.64. The van der Waals surface area contributed by atoms with Crippen LogP contribution in [0.1, 0.15) is 5.56 Å². The number of aromatic nitrogens is 2. The molecule has 0 amide bonds. The van der Waals surface area contributed by atoms with Gasteiger partial charge in [-0.15, -0.1) is 5.10 Å². The number of rotatable bonds is 1. The fourth-order valence-electron chi connectivity index (χ4n) is 1.26. The van der Waals surface area contributed by atoms with E-state index in [1.165, 1.54) is 18.2 Å². The Morgan fingerprint density at radius 3 is 2.50 bits per heavy atom. The lowest BCUT2D eigenvalue weighted by Crippen LogP contribution is -2.06. The molecule has 4 nitrogen and oxygen atoms in total. The lowest BCUT2D eigenvalue weighted by atomic mass is 10.1. The summed E-state index contributed by atoms with van der Waals surface area (Å²) in [7, 11) is 0. The van der Waals surface area contributed by atoms with Crippen LogP contribution in [0.4, 0.5) is 13.2 Å². The van der Waals surface area contributed by atoms with Crippen molar-refractivity contribution in [1.29, 1.82) is 0 Å². The lowest BCUT2D eigenvalue weighted by molar-refractivity contribution is -0.137. The van der Waals surface area contributed by atoms with E-state index in [4.69, 9.17) is 0 Å². The number of alkyl halides is 3. The van der Waals surface area contributed by atoms with E-state index in [-0.39, 0.29) is 11.5 Å². The van der Waals surface area contributed by atoms with Crippen LogP contribution in [0.3, 0.4) is 0 Å². The van der Waals surface area contributed by atoms with Crippen molar-refractivity contribution < 1.29 is 17.6 Å². The molecule has 1 aromatic heterocycles. The van der Waals surface area contributed by atoms with Gasteiger partial charge in [-0.1, -0.05) is 12.1 Å². The summed E-state index contributed by atoms with van der Waals surface area (Å²) < 4.78 is 42.2. The van der Waals surface area contributed by atoms with E-state index in [2.05, 4.69) is 9.52 Å². The third kappa shape index (κ3) is 1.83. The molecule has 1 heterocycles. The number of hydrogen-bond donors (Lipinski definition) is 1. The molecule has 2 rings (SSSR count). The molecule has 0 saturated carbocycles. The topological polar surface area (TPSA) is 58.9 Å². The second kappa shape index (κ2) is 3.51. The van der Waals surface area contributed by atoms with Gasteiger partial charge in [-0.2, -0.15) is 13.2 Å². The molecule has 0 unspecified atom stereocenters. The summed E-state index contributed by atoms with van der Waals surface area (Å²) in [4.78, 5) is 10.7. The van der Waals surface area contributed by atoms with Crippen molar-refractivity contribution in [1.82, 2.24) is 10.2 Å². The largest absolute Gasteiger partial charge is 0.434 e. The summed E-state index contributed by atoms with van der Waals surface area (Å²) in [5.41, 5.74) is -1.17.